The summed E-state index contributed by atoms with van der Waals surface area (Å²) in [6, 6.07) is 63.8. The molecule has 0 saturated heterocycles. The molecule has 0 aromatic heterocycles. The first-order chi connectivity index (χ1) is 27.7. The number of benzene rings is 8. The van der Waals surface area contributed by atoms with Gasteiger partial charge in [-0.2, -0.15) is 0 Å². The fourth-order valence-electron chi connectivity index (χ4n) is 11.6. The molecule has 0 N–H and O–H groups in total. The third-order valence-electron chi connectivity index (χ3n) is 13.7. The van der Waals surface area contributed by atoms with E-state index < -0.39 is 10.8 Å². The first-order valence-corrected chi connectivity index (χ1v) is 20.0. The Morgan fingerprint density at radius 1 is 0.464 bits per heavy atom. The summed E-state index contributed by atoms with van der Waals surface area (Å²) in [5.41, 5.74) is 20.1. The molecule has 4 aliphatic carbocycles. The maximum atomic E-state index is 7.04. The topological polar surface area (TPSA) is 9.23 Å². The predicted molar refractivity (Wildman–Crippen MR) is 228 cm³/mol. The molecule has 0 saturated carbocycles. The van der Waals surface area contributed by atoms with Crippen LogP contribution in [0, 0.1) is 5.92 Å². The van der Waals surface area contributed by atoms with Gasteiger partial charge in [-0.05, 0) is 119 Å². The fraction of sp³-hybridized carbons (Fsp3) is 0.0909. The zero-order valence-electron chi connectivity index (χ0n) is 31.0. The summed E-state index contributed by atoms with van der Waals surface area (Å²) in [6.45, 7) is 2.35. The molecule has 0 radical (unpaired) electrons. The van der Waals surface area contributed by atoms with Gasteiger partial charge in [0.2, 0.25) is 0 Å². The van der Waals surface area contributed by atoms with Crippen molar-refractivity contribution >= 4 is 16.3 Å². The fourth-order valence-corrected chi connectivity index (χ4v) is 11.6. The lowest BCUT2D eigenvalue weighted by Crippen LogP contribution is -2.32. The van der Waals surface area contributed by atoms with E-state index in [1.54, 1.807) is 0 Å². The molecular formula is C55H36O. The van der Waals surface area contributed by atoms with Crippen LogP contribution in [-0.2, 0) is 10.8 Å². The van der Waals surface area contributed by atoms with Crippen LogP contribution in [0.2, 0.25) is 0 Å². The predicted octanol–water partition coefficient (Wildman–Crippen LogP) is 13.7. The van der Waals surface area contributed by atoms with Gasteiger partial charge in [-0.3, -0.25) is 0 Å². The molecule has 2 spiro atoms. The lowest BCUT2D eigenvalue weighted by atomic mass is 9.64. The molecule has 2 atom stereocenters. The van der Waals surface area contributed by atoms with E-state index in [9.17, 15) is 0 Å². The highest BCUT2D eigenvalue weighted by molar-refractivity contribution is 6.03. The minimum absolute atomic E-state index is 0.412. The lowest BCUT2D eigenvalue weighted by molar-refractivity contribution is 0.438. The van der Waals surface area contributed by atoms with Crippen molar-refractivity contribution in [3.05, 3.63) is 232 Å². The second-order valence-electron chi connectivity index (χ2n) is 16.3. The van der Waals surface area contributed by atoms with Gasteiger partial charge < -0.3 is 4.74 Å². The number of rotatable bonds is 1. The van der Waals surface area contributed by atoms with Crippen molar-refractivity contribution in [2.75, 3.05) is 0 Å². The molecule has 262 valence electrons. The van der Waals surface area contributed by atoms with E-state index in [0.29, 0.717) is 5.92 Å². The van der Waals surface area contributed by atoms with Crippen LogP contribution in [0.4, 0.5) is 0 Å². The summed E-state index contributed by atoms with van der Waals surface area (Å²) in [5.74, 6) is 2.33. The van der Waals surface area contributed by atoms with Crippen molar-refractivity contribution in [2.45, 2.75) is 24.2 Å². The van der Waals surface area contributed by atoms with Crippen molar-refractivity contribution in [1.82, 2.24) is 0 Å². The third kappa shape index (κ3) is 3.54. The van der Waals surface area contributed by atoms with Gasteiger partial charge in [0.1, 0.15) is 11.5 Å². The lowest BCUT2D eigenvalue weighted by Gasteiger charge is -2.40. The second kappa shape index (κ2) is 10.7. The number of ether oxygens (including phenoxy) is 1. The Labute approximate surface area is 326 Å². The smallest absolute Gasteiger partial charge is 0.132 e. The van der Waals surface area contributed by atoms with Crippen LogP contribution in [0.1, 0.15) is 57.9 Å². The first-order valence-electron chi connectivity index (χ1n) is 20.0. The Kier molecular flexibility index (Phi) is 5.87. The third-order valence-corrected chi connectivity index (χ3v) is 13.7. The van der Waals surface area contributed by atoms with E-state index in [4.69, 9.17) is 4.74 Å². The van der Waals surface area contributed by atoms with Gasteiger partial charge in [0.15, 0.2) is 0 Å². The number of hydrogen-bond donors (Lipinski definition) is 0. The molecular weight excluding hydrogens is 677 g/mol. The van der Waals surface area contributed by atoms with Gasteiger partial charge >= 0.3 is 0 Å². The summed E-state index contributed by atoms with van der Waals surface area (Å²) in [4.78, 5) is 0. The number of fused-ring (bicyclic) bond motifs is 21. The Bertz CT molecular complexity index is 3070. The van der Waals surface area contributed by atoms with Crippen molar-refractivity contribution in [2.24, 2.45) is 5.92 Å². The summed E-state index contributed by atoms with van der Waals surface area (Å²) >= 11 is 0. The van der Waals surface area contributed by atoms with Gasteiger partial charge in [-0.15, -0.1) is 0 Å². The van der Waals surface area contributed by atoms with Crippen LogP contribution in [0.15, 0.2) is 188 Å². The van der Waals surface area contributed by atoms with Gasteiger partial charge in [-0.25, -0.2) is 0 Å². The molecule has 1 aliphatic heterocycles. The van der Waals surface area contributed by atoms with Gasteiger partial charge in [0, 0.05) is 11.1 Å². The zero-order chi connectivity index (χ0) is 36.8. The van der Waals surface area contributed by atoms with E-state index in [1.807, 2.05) is 0 Å². The molecule has 1 heteroatoms. The minimum Gasteiger partial charge on any atom is -0.457 e. The van der Waals surface area contributed by atoms with Gasteiger partial charge in [0.05, 0.1) is 10.8 Å². The summed E-state index contributed by atoms with van der Waals surface area (Å²) < 4.78 is 7.04. The van der Waals surface area contributed by atoms with E-state index in [2.05, 4.69) is 189 Å². The molecule has 0 amide bonds. The number of hydrogen-bond acceptors (Lipinski definition) is 1. The minimum atomic E-state index is -0.580. The Morgan fingerprint density at radius 3 is 1.79 bits per heavy atom. The van der Waals surface area contributed by atoms with Crippen LogP contribution in [0.25, 0.3) is 49.7 Å². The first kappa shape index (κ1) is 30.6. The Balaban J connectivity index is 1.14. The highest BCUT2D eigenvalue weighted by Crippen LogP contribution is 2.67. The molecule has 13 rings (SSSR count). The highest BCUT2D eigenvalue weighted by Gasteiger charge is 2.56. The summed E-state index contributed by atoms with van der Waals surface area (Å²) in [7, 11) is 0. The van der Waals surface area contributed by atoms with Crippen LogP contribution in [0.5, 0.6) is 11.5 Å². The highest BCUT2D eigenvalue weighted by atomic mass is 16.5. The molecule has 8 aromatic carbocycles. The van der Waals surface area contributed by atoms with E-state index >= 15 is 0 Å². The molecule has 0 bridgehead atoms. The van der Waals surface area contributed by atoms with Crippen molar-refractivity contribution in [3.63, 3.8) is 0 Å². The molecule has 1 heterocycles. The maximum absolute atomic E-state index is 7.04. The van der Waals surface area contributed by atoms with E-state index in [0.717, 1.165) is 17.9 Å². The van der Waals surface area contributed by atoms with Crippen molar-refractivity contribution in [1.29, 1.82) is 0 Å². The van der Waals surface area contributed by atoms with Crippen LogP contribution >= 0.6 is 0 Å². The van der Waals surface area contributed by atoms with E-state index in [1.165, 1.54) is 99.8 Å². The average molecular weight is 713 g/mol. The van der Waals surface area contributed by atoms with Gasteiger partial charge in [0.25, 0.3) is 0 Å². The second-order valence-corrected chi connectivity index (χ2v) is 16.3. The SMILES string of the molecule is CC1C=C2C(=CC1)C1(c3ccccc32)c2ccccc2-c2cccc(-c3ccc4c(c3)C3(c5ccccc5-c5ccccc53)c3c(ccc5ccccc35)O4)c21. The normalized spacial score (nSPS) is 19.5. The van der Waals surface area contributed by atoms with E-state index in [-0.39, 0.29) is 0 Å². The largest absolute Gasteiger partial charge is 0.457 e. The van der Waals surface area contributed by atoms with Crippen LogP contribution < -0.4 is 4.74 Å². The molecule has 1 nitrogen and oxygen atoms in total. The van der Waals surface area contributed by atoms with Crippen LogP contribution in [-0.4, -0.2) is 0 Å². The van der Waals surface area contributed by atoms with Crippen LogP contribution in [0.3, 0.4) is 0 Å². The molecule has 8 aromatic rings. The zero-order valence-corrected chi connectivity index (χ0v) is 31.0. The monoisotopic (exact) mass is 712 g/mol. The van der Waals surface area contributed by atoms with Gasteiger partial charge in [-0.1, -0.05) is 171 Å². The molecule has 0 fully saturated rings. The molecule has 5 aliphatic rings. The summed E-state index contributed by atoms with van der Waals surface area (Å²) in [5, 5.41) is 2.44. The van der Waals surface area contributed by atoms with Crippen molar-refractivity contribution < 1.29 is 4.74 Å². The Morgan fingerprint density at radius 2 is 1.04 bits per heavy atom. The average Bonchev–Trinajstić information content (AvgIpc) is 3.83. The summed E-state index contributed by atoms with van der Waals surface area (Å²) in [6.07, 6.45) is 6.13. The standard InChI is InChI=1S/C55H36O/c1-33-25-28-48-43(31-33)41-18-7-11-24-47(41)54(48)46-23-10-6-17-40(46)42-20-12-19-37(52(42)54)35-27-29-50-49(32-35)55(53-36-14-3-2-13-34(36)26-30-51(53)56-50)44-21-8-4-15-38(44)39-16-5-9-22-45(39)55/h2-24,26-33H,25H2,1H3. The molecule has 56 heavy (non-hydrogen) atoms. The maximum Gasteiger partial charge on any atom is 0.132 e. The quantitative estimate of drug-likeness (QED) is 0.165. The number of allylic oxidation sites excluding steroid dienone is 4. The van der Waals surface area contributed by atoms with Crippen molar-refractivity contribution in [3.8, 4) is 44.9 Å². The molecule has 2 unspecified atom stereocenters. The Hall–Kier alpha value is -6.70.